The maximum Gasteiger partial charge on any atom is 0.0816 e. The van der Waals surface area contributed by atoms with Crippen LogP contribution in [0.2, 0.25) is 0 Å². The molecule has 78 valence electrons. The Hall–Kier alpha value is -0.120. The van der Waals surface area contributed by atoms with E-state index in [0.29, 0.717) is 12.6 Å². The lowest BCUT2D eigenvalue weighted by atomic mass is 10.1. The summed E-state index contributed by atoms with van der Waals surface area (Å²) in [6, 6.07) is 0. The summed E-state index contributed by atoms with van der Waals surface area (Å²) in [5.41, 5.74) is 5.41. The van der Waals surface area contributed by atoms with Gasteiger partial charge in [0.15, 0.2) is 0 Å². The molecule has 1 aliphatic heterocycles. The summed E-state index contributed by atoms with van der Waals surface area (Å²) in [6.07, 6.45) is 3.50. The maximum atomic E-state index is 5.77. The van der Waals surface area contributed by atoms with Gasteiger partial charge in [-0.3, -0.25) is 0 Å². The minimum Gasteiger partial charge on any atom is -0.379 e. The van der Waals surface area contributed by atoms with Crippen LogP contribution in [0.5, 0.6) is 0 Å². The molecule has 0 spiro atoms. The standard InChI is InChI=1S/C10H21NO2/c1-10(2)5-4-9(13-10)8-12-7-3-6-11/h9H,3-8,11H2,1-2H3. The highest BCUT2D eigenvalue weighted by molar-refractivity contribution is 4.80. The SMILES string of the molecule is CC1(C)CCC(COCCCN)O1. The fourth-order valence-corrected chi connectivity index (χ4v) is 1.60. The van der Waals surface area contributed by atoms with Crippen LogP contribution in [-0.4, -0.2) is 31.5 Å². The molecular weight excluding hydrogens is 166 g/mol. The number of hydrogen-bond acceptors (Lipinski definition) is 3. The molecule has 0 saturated carbocycles. The van der Waals surface area contributed by atoms with Crippen molar-refractivity contribution in [2.24, 2.45) is 5.73 Å². The van der Waals surface area contributed by atoms with Crippen molar-refractivity contribution in [3.8, 4) is 0 Å². The predicted octanol–water partition coefficient (Wildman–Crippen LogP) is 1.31. The van der Waals surface area contributed by atoms with Crippen LogP contribution in [0.1, 0.15) is 33.1 Å². The highest BCUT2D eigenvalue weighted by atomic mass is 16.5. The van der Waals surface area contributed by atoms with E-state index in [-0.39, 0.29) is 5.60 Å². The van der Waals surface area contributed by atoms with Gasteiger partial charge < -0.3 is 15.2 Å². The van der Waals surface area contributed by atoms with E-state index < -0.39 is 0 Å². The smallest absolute Gasteiger partial charge is 0.0816 e. The molecule has 13 heavy (non-hydrogen) atoms. The van der Waals surface area contributed by atoms with Crippen LogP contribution in [0.3, 0.4) is 0 Å². The van der Waals surface area contributed by atoms with E-state index >= 15 is 0 Å². The first kappa shape index (κ1) is 11.0. The van der Waals surface area contributed by atoms with Gasteiger partial charge in [-0.2, -0.15) is 0 Å². The zero-order valence-corrected chi connectivity index (χ0v) is 8.71. The number of ether oxygens (including phenoxy) is 2. The molecule has 1 saturated heterocycles. The lowest BCUT2D eigenvalue weighted by Gasteiger charge is -2.19. The van der Waals surface area contributed by atoms with Gasteiger partial charge in [0.1, 0.15) is 0 Å². The molecule has 0 aliphatic carbocycles. The van der Waals surface area contributed by atoms with Crippen LogP contribution >= 0.6 is 0 Å². The van der Waals surface area contributed by atoms with Gasteiger partial charge in [-0.15, -0.1) is 0 Å². The summed E-state index contributed by atoms with van der Waals surface area (Å²) < 4.78 is 11.2. The van der Waals surface area contributed by atoms with Gasteiger partial charge in [-0.1, -0.05) is 0 Å². The minimum absolute atomic E-state index is 0.0574. The van der Waals surface area contributed by atoms with Gasteiger partial charge in [0.05, 0.1) is 18.3 Å². The van der Waals surface area contributed by atoms with Crippen molar-refractivity contribution in [1.82, 2.24) is 0 Å². The Morgan fingerprint density at radius 3 is 2.85 bits per heavy atom. The molecule has 0 aromatic heterocycles. The van der Waals surface area contributed by atoms with Crippen molar-refractivity contribution in [3.63, 3.8) is 0 Å². The van der Waals surface area contributed by atoms with Gasteiger partial charge in [-0.05, 0) is 39.7 Å². The fourth-order valence-electron chi connectivity index (χ4n) is 1.60. The molecule has 0 radical (unpaired) electrons. The Morgan fingerprint density at radius 1 is 1.54 bits per heavy atom. The average Bonchev–Trinajstić information content (AvgIpc) is 2.40. The summed E-state index contributed by atoms with van der Waals surface area (Å²) in [4.78, 5) is 0. The van der Waals surface area contributed by atoms with E-state index in [4.69, 9.17) is 15.2 Å². The molecule has 2 N–H and O–H groups in total. The molecule has 3 nitrogen and oxygen atoms in total. The lowest BCUT2D eigenvalue weighted by molar-refractivity contribution is -0.0532. The Bertz CT molecular complexity index is 148. The van der Waals surface area contributed by atoms with E-state index in [1.807, 2.05) is 0 Å². The van der Waals surface area contributed by atoms with Gasteiger partial charge >= 0.3 is 0 Å². The molecule has 0 aromatic carbocycles. The van der Waals surface area contributed by atoms with Gasteiger partial charge in [-0.25, -0.2) is 0 Å². The third-order valence-electron chi connectivity index (χ3n) is 2.35. The predicted molar refractivity (Wildman–Crippen MR) is 52.7 cm³/mol. The summed E-state index contributed by atoms with van der Waals surface area (Å²) in [7, 11) is 0. The van der Waals surface area contributed by atoms with Crippen molar-refractivity contribution in [2.75, 3.05) is 19.8 Å². The third-order valence-corrected chi connectivity index (χ3v) is 2.35. The Morgan fingerprint density at radius 2 is 2.31 bits per heavy atom. The molecule has 0 bridgehead atoms. The fraction of sp³-hybridized carbons (Fsp3) is 1.00. The van der Waals surface area contributed by atoms with E-state index in [0.717, 1.165) is 32.5 Å². The summed E-state index contributed by atoms with van der Waals surface area (Å²) in [6.45, 7) is 6.46. The second-order valence-electron chi connectivity index (χ2n) is 4.26. The average molecular weight is 187 g/mol. The van der Waals surface area contributed by atoms with Crippen LogP contribution in [0, 0.1) is 0 Å². The van der Waals surface area contributed by atoms with Crippen molar-refractivity contribution < 1.29 is 9.47 Å². The van der Waals surface area contributed by atoms with Gasteiger partial charge in [0.2, 0.25) is 0 Å². The summed E-state index contributed by atoms with van der Waals surface area (Å²) in [5, 5.41) is 0. The number of nitrogens with two attached hydrogens (primary N) is 1. The summed E-state index contributed by atoms with van der Waals surface area (Å²) in [5.74, 6) is 0. The van der Waals surface area contributed by atoms with E-state index in [9.17, 15) is 0 Å². The molecule has 1 fully saturated rings. The molecule has 0 amide bonds. The Balaban J connectivity index is 2.04. The van der Waals surface area contributed by atoms with Crippen molar-refractivity contribution >= 4 is 0 Å². The van der Waals surface area contributed by atoms with E-state index in [1.54, 1.807) is 0 Å². The largest absolute Gasteiger partial charge is 0.379 e. The van der Waals surface area contributed by atoms with E-state index in [1.165, 1.54) is 0 Å². The first-order chi connectivity index (χ1) is 6.14. The molecule has 0 aromatic rings. The van der Waals surface area contributed by atoms with Gasteiger partial charge in [0.25, 0.3) is 0 Å². The zero-order valence-electron chi connectivity index (χ0n) is 8.71. The normalized spacial score (nSPS) is 26.5. The van der Waals surface area contributed by atoms with Crippen LogP contribution in [0.4, 0.5) is 0 Å². The lowest BCUT2D eigenvalue weighted by Crippen LogP contribution is -2.23. The topological polar surface area (TPSA) is 44.5 Å². The first-order valence-corrected chi connectivity index (χ1v) is 5.10. The minimum atomic E-state index is 0.0574. The third kappa shape index (κ3) is 4.07. The second kappa shape index (κ2) is 4.94. The molecule has 1 heterocycles. The Labute approximate surface area is 80.6 Å². The molecule has 1 rings (SSSR count). The van der Waals surface area contributed by atoms with Crippen LogP contribution in [0.15, 0.2) is 0 Å². The highest BCUT2D eigenvalue weighted by Gasteiger charge is 2.31. The van der Waals surface area contributed by atoms with E-state index in [2.05, 4.69) is 13.8 Å². The molecule has 3 heteroatoms. The maximum absolute atomic E-state index is 5.77. The van der Waals surface area contributed by atoms with Crippen molar-refractivity contribution in [1.29, 1.82) is 0 Å². The Kier molecular flexibility index (Phi) is 4.16. The van der Waals surface area contributed by atoms with Crippen molar-refractivity contribution in [2.45, 2.75) is 44.8 Å². The van der Waals surface area contributed by atoms with Crippen LogP contribution < -0.4 is 5.73 Å². The van der Waals surface area contributed by atoms with Gasteiger partial charge in [0, 0.05) is 6.61 Å². The van der Waals surface area contributed by atoms with Crippen LogP contribution in [0.25, 0.3) is 0 Å². The molecule has 1 aliphatic rings. The zero-order chi connectivity index (χ0) is 9.73. The molecule has 1 atom stereocenters. The number of hydrogen-bond donors (Lipinski definition) is 1. The van der Waals surface area contributed by atoms with Crippen molar-refractivity contribution in [3.05, 3.63) is 0 Å². The molecular formula is C10H21NO2. The summed E-state index contributed by atoms with van der Waals surface area (Å²) >= 11 is 0. The number of rotatable bonds is 5. The second-order valence-corrected chi connectivity index (χ2v) is 4.26. The monoisotopic (exact) mass is 187 g/mol. The molecule has 1 unspecified atom stereocenters. The quantitative estimate of drug-likeness (QED) is 0.660. The van der Waals surface area contributed by atoms with Crippen LogP contribution in [-0.2, 0) is 9.47 Å². The highest BCUT2D eigenvalue weighted by Crippen LogP contribution is 2.29. The first-order valence-electron chi connectivity index (χ1n) is 5.10.